The van der Waals surface area contributed by atoms with Crippen LogP contribution in [0.2, 0.25) is 0 Å². The molecule has 1 atom stereocenters. The van der Waals surface area contributed by atoms with Gasteiger partial charge >= 0.3 is 0 Å². The van der Waals surface area contributed by atoms with Crippen molar-refractivity contribution < 1.29 is 4.74 Å². The lowest BCUT2D eigenvalue weighted by atomic mass is 9.69. The lowest BCUT2D eigenvalue weighted by molar-refractivity contribution is 0.425. The first kappa shape index (κ1) is 18.8. The van der Waals surface area contributed by atoms with Crippen LogP contribution in [0.3, 0.4) is 0 Å². The second-order valence-electron chi connectivity index (χ2n) is 8.86. The Kier molecular flexibility index (Phi) is 4.70. The molecule has 0 spiro atoms. The fraction of sp³-hybridized carbons (Fsp3) is 0.333. The molecular weight excluding hydrogens is 372 g/mol. The van der Waals surface area contributed by atoms with Gasteiger partial charge in [0.1, 0.15) is 11.5 Å². The Morgan fingerprint density at radius 1 is 0.828 bits per heavy atom. The minimum atomic E-state index is -0.247. The Balaban J connectivity index is 1.63. The van der Waals surface area contributed by atoms with E-state index in [9.17, 15) is 0 Å². The van der Waals surface area contributed by atoms with Crippen molar-refractivity contribution in [2.45, 2.75) is 62.2 Å². The van der Waals surface area contributed by atoms with E-state index in [0.29, 0.717) is 0 Å². The Hall–Kier alpha value is -2.19. The van der Waals surface area contributed by atoms with E-state index in [0.717, 1.165) is 22.3 Å². The van der Waals surface area contributed by atoms with E-state index >= 15 is 0 Å². The van der Waals surface area contributed by atoms with Crippen LogP contribution < -0.4 is 4.74 Å². The average Bonchev–Trinajstić information content (AvgIpc) is 2.74. The number of ether oxygens (including phenoxy) is 1. The summed E-state index contributed by atoms with van der Waals surface area (Å²) in [6.45, 7) is 4.45. The highest BCUT2D eigenvalue weighted by atomic mass is 32.1. The van der Waals surface area contributed by atoms with Crippen LogP contribution in [0.25, 0.3) is 0 Å². The van der Waals surface area contributed by atoms with Crippen LogP contribution in [0, 0.1) is 6.92 Å². The summed E-state index contributed by atoms with van der Waals surface area (Å²) >= 11 is 4.55. The average molecular weight is 401 g/mol. The molecule has 5 rings (SSSR count). The fourth-order valence-corrected chi connectivity index (χ4v) is 5.43. The van der Waals surface area contributed by atoms with Gasteiger partial charge in [0.05, 0.1) is 0 Å². The molecule has 1 fully saturated rings. The van der Waals surface area contributed by atoms with Gasteiger partial charge in [0.2, 0.25) is 0 Å². The van der Waals surface area contributed by atoms with E-state index in [1.807, 2.05) is 6.07 Å². The fourth-order valence-electron chi connectivity index (χ4n) is 5.23. The van der Waals surface area contributed by atoms with Gasteiger partial charge in [0.25, 0.3) is 0 Å². The van der Waals surface area contributed by atoms with E-state index in [1.165, 1.54) is 59.9 Å². The highest BCUT2D eigenvalue weighted by molar-refractivity contribution is 7.80. The topological polar surface area (TPSA) is 9.23 Å². The zero-order chi connectivity index (χ0) is 20.0. The maximum atomic E-state index is 6.33. The number of thiol groups is 1. The summed E-state index contributed by atoms with van der Waals surface area (Å²) in [6, 6.07) is 22.3. The number of rotatable bonds is 2. The summed E-state index contributed by atoms with van der Waals surface area (Å²) in [6.07, 6.45) is 6.80. The molecule has 1 saturated carbocycles. The minimum absolute atomic E-state index is 0.247. The predicted octanol–water partition coefficient (Wildman–Crippen LogP) is 7.79. The molecule has 1 aliphatic carbocycles. The first-order valence-corrected chi connectivity index (χ1v) is 11.2. The summed E-state index contributed by atoms with van der Waals surface area (Å²) in [5.74, 6) is 2.60. The smallest absolute Gasteiger partial charge is 0.132 e. The molecule has 0 aromatic heterocycles. The standard InChI is InChI=1S/C27H28OS/c1-18-8-14-23-25(16-18)28-26-17-22(29)13-15-24(26)27(23,2)21-11-9-20(10-12-21)19-6-4-3-5-7-19/h8-17,19,29H,3-7H2,1-2H3. The Labute approximate surface area is 179 Å². The SMILES string of the molecule is Cc1ccc2c(c1)Oc1cc(S)ccc1C2(C)c1ccc(C2CCCCC2)cc1. The van der Waals surface area contributed by atoms with Gasteiger partial charge < -0.3 is 4.74 Å². The van der Waals surface area contributed by atoms with Crippen LogP contribution in [-0.4, -0.2) is 0 Å². The Bertz CT molecular complexity index is 993. The van der Waals surface area contributed by atoms with E-state index in [-0.39, 0.29) is 5.41 Å². The Morgan fingerprint density at radius 2 is 1.48 bits per heavy atom. The lowest BCUT2D eigenvalue weighted by Crippen LogP contribution is -2.29. The molecule has 0 saturated heterocycles. The monoisotopic (exact) mass is 400 g/mol. The molecule has 3 aromatic carbocycles. The van der Waals surface area contributed by atoms with Crippen LogP contribution in [0.15, 0.2) is 65.6 Å². The van der Waals surface area contributed by atoms with Crippen LogP contribution in [0.4, 0.5) is 0 Å². The highest BCUT2D eigenvalue weighted by Crippen LogP contribution is 2.52. The van der Waals surface area contributed by atoms with Gasteiger partial charge in [0.15, 0.2) is 0 Å². The second-order valence-corrected chi connectivity index (χ2v) is 9.38. The molecule has 1 heterocycles. The zero-order valence-corrected chi connectivity index (χ0v) is 18.1. The molecule has 148 valence electrons. The summed E-state index contributed by atoms with van der Waals surface area (Å²) < 4.78 is 6.33. The maximum absolute atomic E-state index is 6.33. The Morgan fingerprint density at radius 3 is 2.21 bits per heavy atom. The molecule has 0 bridgehead atoms. The molecule has 0 N–H and O–H groups in total. The quantitative estimate of drug-likeness (QED) is 0.432. The number of hydrogen-bond acceptors (Lipinski definition) is 2. The normalized spacial score (nSPS) is 21.2. The predicted molar refractivity (Wildman–Crippen MR) is 123 cm³/mol. The van der Waals surface area contributed by atoms with Gasteiger partial charge in [-0.05, 0) is 67.5 Å². The van der Waals surface area contributed by atoms with Crippen LogP contribution in [-0.2, 0) is 5.41 Å². The molecule has 0 radical (unpaired) electrons. The van der Waals surface area contributed by atoms with Gasteiger partial charge in [-0.25, -0.2) is 0 Å². The van der Waals surface area contributed by atoms with Gasteiger partial charge in [-0.15, -0.1) is 12.6 Å². The lowest BCUT2D eigenvalue weighted by Gasteiger charge is -2.38. The highest BCUT2D eigenvalue weighted by Gasteiger charge is 2.39. The van der Waals surface area contributed by atoms with Crippen molar-refractivity contribution in [3.05, 3.63) is 88.5 Å². The van der Waals surface area contributed by atoms with Gasteiger partial charge in [-0.1, -0.05) is 61.7 Å². The first-order chi connectivity index (χ1) is 14.1. The van der Waals surface area contributed by atoms with Crippen molar-refractivity contribution in [1.82, 2.24) is 0 Å². The van der Waals surface area contributed by atoms with Crippen molar-refractivity contribution in [3.8, 4) is 11.5 Å². The van der Waals surface area contributed by atoms with Crippen molar-refractivity contribution in [3.63, 3.8) is 0 Å². The third kappa shape index (κ3) is 3.18. The molecule has 2 heteroatoms. The van der Waals surface area contributed by atoms with Crippen LogP contribution >= 0.6 is 12.6 Å². The zero-order valence-electron chi connectivity index (χ0n) is 17.2. The first-order valence-electron chi connectivity index (χ1n) is 10.8. The van der Waals surface area contributed by atoms with Crippen LogP contribution in [0.5, 0.6) is 11.5 Å². The van der Waals surface area contributed by atoms with E-state index < -0.39 is 0 Å². The third-order valence-corrected chi connectivity index (χ3v) is 7.24. The third-order valence-electron chi connectivity index (χ3n) is 6.96. The molecule has 2 aliphatic rings. The molecule has 1 unspecified atom stereocenters. The van der Waals surface area contributed by atoms with E-state index in [1.54, 1.807) is 0 Å². The summed E-state index contributed by atoms with van der Waals surface area (Å²) in [7, 11) is 0. The molecule has 1 aliphatic heterocycles. The number of fused-ring (bicyclic) bond motifs is 2. The minimum Gasteiger partial charge on any atom is -0.457 e. The molecule has 0 amide bonds. The molecular formula is C27H28OS. The van der Waals surface area contributed by atoms with Gasteiger partial charge in [0, 0.05) is 21.4 Å². The van der Waals surface area contributed by atoms with Crippen molar-refractivity contribution in [2.24, 2.45) is 0 Å². The molecule has 1 nitrogen and oxygen atoms in total. The number of benzene rings is 3. The largest absolute Gasteiger partial charge is 0.457 e. The van der Waals surface area contributed by atoms with Crippen molar-refractivity contribution in [1.29, 1.82) is 0 Å². The van der Waals surface area contributed by atoms with Gasteiger partial charge in [-0.3, -0.25) is 0 Å². The van der Waals surface area contributed by atoms with Crippen LogP contribution in [0.1, 0.15) is 72.8 Å². The summed E-state index contributed by atoms with van der Waals surface area (Å²) in [5, 5.41) is 0. The van der Waals surface area contributed by atoms with Gasteiger partial charge in [-0.2, -0.15) is 0 Å². The summed E-state index contributed by atoms with van der Waals surface area (Å²) in [4.78, 5) is 0.926. The van der Waals surface area contributed by atoms with E-state index in [2.05, 4.69) is 81.1 Å². The molecule has 29 heavy (non-hydrogen) atoms. The van der Waals surface area contributed by atoms with E-state index in [4.69, 9.17) is 4.74 Å². The molecule has 3 aromatic rings. The van der Waals surface area contributed by atoms with Crippen molar-refractivity contribution >= 4 is 12.6 Å². The summed E-state index contributed by atoms with van der Waals surface area (Å²) in [5.41, 5.74) is 6.22. The second kappa shape index (κ2) is 7.25. The van der Waals surface area contributed by atoms with Crippen molar-refractivity contribution in [2.75, 3.05) is 0 Å². The maximum Gasteiger partial charge on any atom is 0.132 e. The number of aryl methyl sites for hydroxylation is 1. The number of hydrogen-bond donors (Lipinski definition) is 1.